The molecular weight excluding hydrogens is 283 g/mol. The van der Waals surface area contributed by atoms with Crippen molar-refractivity contribution in [2.24, 2.45) is 11.8 Å². The molecule has 0 aromatic carbocycles. The number of hydrogen-bond donors (Lipinski definition) is 0. The summed E-state index contributed by atoms with van der Waals surface area (Å²) in [6, 6.07) is 0. The van der Waals surface area contributed by atoms with E-state index in [0.29, 0.717) is 11.8 Å². The Balaban J connectivity index is 2.30. The van der Waals surface area contributed by atoms with E-state index in [-0.39, 0.29) is 0 Å². The van der Waals surface area contributed by atoms with Crippen LogP contribution in [0.1, 0.15) is 41.5 Å². The van der Waals surface area contributed by atoms with E-state index in [1.165, 1.54) is 0 Å². The summed E-state index contributed by atoms with van der Waals surface area (Å²) in [6.45, 7) is 13.9. The van der Waals surface area contributed by atoms with Crippen molar-refractivity contribution in [2.45, 2.75) is 41.5 Å². The Kier molecular flexibility index (Phi) is 3.78. The fraction of sp³-hybridized carbons (Fsp3) is 0.500. The maximum atomic E-state index is 2.44. The average molecular weight is 306 g/mol. The van der Waals surface area contributed by atoms with E-state index in [1.54, 1.807) is 28.9 Å². The zero-order valence-corrected chi connectivity index (χ0v) is 14.3. The van der Waals surface area contributed by atoms with Crippen molar-refractivity contribution in [1.82, 2.24) is 0 Å². The van der Waals surface area contributed by atoms with Crippen molar-refractivity contribution in [2.75, 3.05) is 0 Å². The topological polar surface area (TPSA) is 0 Å². The second kappa shape index (κ2) is 4.84. The molecule has 2 atom stereocenters. The summed E-state index contributed by atoms with van der Waals surface area (Å²) in [7, 11) is 0. The van der Waals surface area contributed by atoms with E-state index in [9.17, 15) is 0 Å². The molecule has 2 aliphatic carbocycles. The molecule has 0 saturated carbocycles. The molecule has 0 saturated heterocycles. The zero-order chi connectivity index (χ0) is 12.7. The van der Waals surface area contributed by atoms with Crippen LogP contribution >= 0.6 is 0 Å². The maximum absolute atomic E-state index is 2.44. The minimum absolute atomic E-state index is 0.581. The first-order valence-electron chi connectivity index (χ1n) is 6.48. The van der Waals surface area contributed by atoms with Crippen LogP contribution in [-0.2, 0) is 23.2 Å². The van der Waals surface area contributed by atoms with Gasteiger partial charge in [0.05, 0.1) is 0 Å². The molecule has 2 rings (SSSR count). The third-order valence-electron chi connectivity index (χ3n) is 4.19. The summed E-state index contributed by atoms with van der Waals surface area (Å²) >= 11 is -0.581. The molecule has 0 spiro atoms. The van der Waals surface area contributed by atoms with Crippen LogP contribution in [-0.4, -0.2) is 0 Å². The summed E-state index contributed by atoms with van der Waals surface area (Å²) in [6.07, 6.45) is 4.89. The van der Waals surface area contributed by atoms with Crippen LogP contribution in [0.15, 0.2) is 41.0 Å². The summed E-state index contributed by atoms with van der Waals surface area (Å²) in [5.41, 5.74) is 6.41. The van der Waals surface area contributed by atoms with Gasteiger partial charge in [-0.25, -0.2) is 0 Å². The van der Waals surface area contributed by atoms with E-state index in [2.05, 4.69) is 53.7 Å². The fourth-order valence-electron chi connectivity index (χ4n) is 2.76. The normalized spacial score (nSPS) is 28.8. The molecule has 2 unspecified atom stereocenters. The van der Waals surface area contributed by atoms with Gasteiger partial charge in [0, 0.05) is 0 Å². The molecule has 0 amide bonds. The Hall–Kier alpha value is -0.157. The van der Waals surface area contributed by atoms with Crippen molar-refractivity contribution in [1.29, 1.82) is 0 Å². The van der Waals surface area contributed by atoms with Gasteiger partial charge in [-0.3, -0.25) is 0 Å². The Bertz CT molecular complexity index is 428. The van der Waals surface area contributed by atoms with Gasteiger partial charge in [0.1, 0.15) is 0 Å². The summed E-state index contributed by atoms with van der Waals surface area (Å²) in [5.74, 6) is 1.35. The Morgan fingerprint density at radius 2 is 1.12 bits per heavy atom. The third kappa shape index (κ3) is 2.36. The Labute approximate surface area is 117 Å². The number of allylic oxidation sites excluding steroid dienone is 8. The Morgan fingerprint density at radius 1 is 0.765 bits per heavy atom. The van der Waals surface area contributed by atoms with Gasteiger partial charge >= 0.3 is 118 Å². The van der Waals surface area contributed by atoms with Crippen molar-refractivity contribution < 1.29 is 23.2 Å². The van der Waals surface area contributed by atoms with Gasteiger partial charge in [-0.15, -0.1) is 0 Å². The van der Waals surface area contributed by atoms with E-state index in [0.717, 1.165) is 0 Å². The zero-order valence-electron chi connectivity index (χ0n) is 11.8. The van der Waals surface area contributed by atoms with Crippen LogP contribution in [0.2, 0.25) is 0 Å². The van der Waals surface area contributed by atoms with E-state index < -0.39 is 23.2 Å². The molecule has 0 heterocycles. The van der Waals surface area contributed by atoms with Crippen LogP contribution in [0, 0.1) is 11.8 Å². The molecule has 0 aromatic rings. The van der Waals surface area contributed by atoms with E-state index >= 15 is 0 Å². The Morgan fingerprint density at radius 3 is 1.35 bits per heavy atom. The van der Waals surface area contributed by atoms with E-state index in [1.807, 2.05) is 0 Å². The standard InChI is InChI=1S/2C8H11.Zr/c2*1-6-4-7(2)8(3)5-6;/h2*4,7H,1-3H3;. The third-order valence-corrected chi connectivity index (χ3v) is 9.30. The second-order valence-corrected chi connectivity index (χ2v) is 8.59. The van der Waals surface area contributed by atoms with Gasteiger partial charge in [-0.05, 0) is 0 Å². The molecular formula is C16H22Zr. The van der Waals surface area contributed by atoms with Crippen molar-refractivity contribution in [3.63, 3.8) is 0 Å². The predicted octanol–water partition coefficient (Wildman–Crippen LogP) is 4.81. The quantitative estimate of drug-likeness (QED) is 0.687. The predicted molar refractivity (Wildman–Crippen MR) is 71.2 cm³/mol. The summed E-state index contributed by atoms with van der Waals surface area (Å²) < 4.78 is 3.50. The molecule has 0 bridgehead atoms. The molecule has 1 heteroatoms. The van der Waals surface area contributed by atoms with Crippen LogP contribution in [0.4, 0.5) is 0 Å². The van der Waals surface area contributed by atoms with Gasteiger partial charge in [0.2, 0.25) is 0 Å². The number of hydrogen-bond acceptors (Lipinski definition) is 0. The molecule has 0 fully saturated rings. The molecule has 17 heavy (non-hydrogen) atoms. The molecule has 0 aromatic heterocycles. The molecule has 0 aliphatic heterocycles. The van der Waals surface area contributed by atoms with E-state index in [4.69, 9.17) is 0 Å². The molecule has 90 valence electrons. The second-order valence-electron chi connectivity index (χ2n) is 5.52. The van der Waals surface area contributed by atoms with Crippen molar-refractivity contribution >= 4 is 0 Å². The van der Waals surface area contributed by atoms with Crippen LogP contribution in [0.25, 0.3) is 0 Å². The minimum atomic E-state index is -0.581. The van der Waals surface area contributed by atoms with Crippen LogP contribution < -0.4 is 0 Å². The van der Waals surface area contributed by atoms with Crippen LogP contribution in [0.3, 0.4) is 0 Å². The molecule has 0 radical (unpaired) electrons. The van der Waals surface area contributed by atoms with Crippen molar-refractivity contribution in [3.8, 4) is 0 Å². The summed E-state index contributed by atoms with van der Waals surface area (Å²) in [5, 5.41) is 0. The first-order chi connectivity index (χ1) is 7.91. The first kappa shape index (κ1) is 13.3. The van der Waals surface area contributed by atoms with Crippen molar-refractivity contribution in [3.05, 3.63) is 41.0 Å². The first-order valence-corrected chi connectivity index (χ1v) is 8.93. The molecule has 0 N–H and O–H groups in total. The average Bonchev–Trinajstić information content (AvgIpc) is 2.62. The molecule has 0 nitrogen and oxygen atoms in total. The fourth-order valence-corrected chi connectivity index (χ4v) is 6.85. The van der Waals surface area contributed by atoms with Gasteiger partial charge < -0.3 is 0 Å². The summed E-state index contributed by atoms with van der Waals surface area (Å²) in [4.78, 5) is 0. The number of rotatable bonds is 2. The van der Waals surface area contributed by atoms with Crippen LogP contribution in [0.5, 0.6) is 0 Å². The molecule has 2 aliphatic rings. The van der Waals surface area contributed by atoms with Gasteiger partial charge in [0.15, 0.2) is 0 Å². The monoisotopic (exact) mass is 304 g/mol. The van der Waals surface area contributed by atoms with Gasteiger partial charge in [-0.1, -0.05) is 0 Å². The van der Waals surface area contributed by atoms with Gasteiger partial charge in [0.25, 0.3) is 0 Å². The van der Waals surface area contributed by atoms with Gasteiger partial charge in [-0.2, -0.15) is 0 Å². The SMILES string of the molecule is CC1=CC(C)C(C)=[C]1[Zr][C]1=C(C)C(C)C=C1C.